The summed E-state index contributed by atoms with van der Waals surface area (Å²) in [6.07, 6.45) is 2.86. The highest BCUT2D eigenvalue weighted by molar-refractivity contribution is 5.96. The summed E-state index contributed by atoms with van der Waals surface area (Å²) in [6, 6.07) is 4.35. The fourth-order valence-corrected chi connectivity index (χ4v) is 3.84. The maximum atomic E-state index is 14.3. The molecule has 0 unspecified atom stereocenters. The van der Waals surface area contributed by atoms with E-state index in [1.54, 1.807) is 0 Å². The molecule has 3 rings (SSSR count). The molecular formula is C24H32FN3O5. The standard InChI is InChI=1S/C24H32FN3O5/c1-4-18-21-19(9-6-12-32-13-7-11-26-23(21)29)28(27-18)14-16(2)15-33-24(30)17-8-5-10-20(31-3)22(17)25/h5,8,10,16H,4,6-7,9,11-15H2,1-3H3,(H,26,29)/t16-/m1/s1. The fourth-order valence-electron chi connectivity index (χ4n) is 3.84. The van der Waals surface area contributed by atoms with Crippen molar-refractivity contribution in [1.82, 2.24) is 15.1 Å². The number of ether oxygens (including phenoxy) is 3. The normalized spacial score (nSPS) is 15.7. The molecule has 1 atom stereocenters. The van der Waals surface area contributed by atoms with Gasteiger partial charge in [0.25, 0.3) is 5.91 Å². The van der Waals surface area contributed by atoms with E-state index < -0.39 is 11.8 Å². The van der Waals surface area contributed by atoms with E-state index in [0.717, 1.165) is 24.2 Å². The zero-order chi connectivity index (χ0) is 23.8. The Morgan fingerprint density at radius 2 is 2.12 bits per heavy atom. The summed E-state index contributed by atoms with van der Waals surface area (Å²) >= 11 is 0. The topological polar surface area (TPSA) is 91.7 Å². The lowest BCUT2D eigenvalue weighted by atomic mass is 10.1. The molecule has 0 radical (unpaired) electrons. The van der Waals surface area contributed by atoms with Gasteiger partial charge in [-0.25, -0.2) is 9.18 Å². The quantitative estimate of drug-likeness (QED) is 0.637. The number of aryl methyl sites for hydroxylation is 1. The lowest BCUT2D eigenvalue weighted by Crippen LogP contribution is -2.27. The van der Waals surface area contributed by atoms with E-state index in [2.05, 4.69) is 10.4 Å². The minimum absolute atomic E-state index is 0.00970. The van der Waals surface area contributed by atoms with E-state index in [4.69, 9.17) is 14.2 Å². The third-order valence-corrected chi connectivity index (χ3v) is 5.53. The van der Waals surface area contributed by atoms with E-state index >= 15 is 0 Å². The van der Waals surface area contributed by atoms with Crippen molar-refractivity contribution in [3.8, 4) is 5.75 Å². The van der Waals surface area contributed by atoms with Gasteiger partial charge in [0.1, 0.15) is 0 Å². The number of carbonyl (C=O) groups excluding carboxylic acids is 2. The molecule has 2 aromatic rings. The summed E-state index contributed by atoms with van der Waals surface area (Å²) in [5, 5.41) is 7.65. The number of nitrogens with zero attached hydrogens (tertiary/aromatic N) is 2. The van der Waals surface area contributed by atoms with Crippen LogP contribution in [0.5, 0.6) is 5.75 Å². The largest absolute Gasteiger partial charge is 0.494 e. The molecule has 0 spiro atoms. The number of hydrogen-bond acceptors (Lipinski definition) is 6. The van der Waals surface area contributed by atoms with Crippen molar-refractivity contribution in [2.75, 3.05) is 33.5 Å². The van der Waals surface area contributed by atoms with Crippen LogP contribution in [0.1, 0.15) is 58.8 Å². The predicted octanol–water partition coefficient (Wildman–Crippen LogP) is 3.17. The van der Waals surface area contributed by atoms with E-state index in [0.29, 0.717) is 44.7 Å². The van der Waals surface area contributed by atoms with Crippen molar-refractivity contribution in [3.63, 3.8) is 0 Å². The van der Waals surface area contributed by atoms with Gasteiger partial charge in [-0.15, -0.1) is 0 Å². The molecule has 0 saturated carbocycles. The third-order valence-electron chi connectivity index (χ3n) is 5.53. The summed E-state index contributed by atoms with van der Waals surface area (Å²) in [5.74, 6) is -1.71. The zero-order valence-electron chi connectivity index (χ0n) is 19.5. The lowest BCUT2D eigenvalue weighted by molar-refractivity contribution is 0.0429. The zero-order valence-corrected chi connectivity index (χ0v) is 19.5. The van der Waals surface area contributed by atoms with Crippen molar-refractivity contribution < 1.29 is 28.2 Å². The van der Waals surface area contributed by atoms with Crippen molar-refractivity contribution in [2.45, 2.75) is 46.1 Å². The number of methoxy groups -OCH3 is 1. The first kappa shape index (κ1) is 24.7. The Morgan fingerprint density at radius 3 is 2.88 bits per heavy atom. The fraction of sp³-hybridized carbons (Fsp3) is 0.542. The summed E-state index contributed by atoms with van der Waals surface area (Å²) in [6.45, 7) is 6.25. The number of rotatable bonds is 7. The van der Waals surface area contributed by atoms with Crippen LogP contribution in [0.3, 0.4) is 0 Å². The molecule has 0 saturated heterocycles. The SMILES string of the molecule is CCc1nn(C[C@@H](C)COC(=O)c2cccc(OC)c2F)c2c1C(=O)NCCCOCCC2. The number of nitrogens with one attached hydrogen (secondary N) is 1. The van der Waals surface area contributed by atoms with Crippen LogP contribution < -0.4 is 10.1 Å². The third kappa shape index (κ3) is 6.10. The average Bonchev–Trinajstić information content (AvgIpc) is 3.14. The Kier molecular flexibility index (Phi) is 8.82. The van der Waals surface area contributed by atoms with Gasteiger partial charge in [-0.2, -0.15) is 5.10 Å². The molecule has 180 valence electrons. The Hall–Kier alpha value is -2.94. The van der Waals surface area contributed by atoms with Gasteiger partial charge in [0.05, 0.1) is 36.2 Å². The number of esters is 1. The van der Waals surface area contributed by atoms with Crippen LogP contribution in [-0.2, 0) is 28.9 Å². The lowest BCUT2D eigenvalue weighted by Gasteiger charge is -2.15. The number of halogens is 1. The van der Waals surface area contributed by atoms with Crippen LogP contribution in [0.2, 0.25) is 0 Å². The van der Waals surface area contributed by atoms with E-state index in [-0.39, 0.29) is 29.7 Å². The Labute approximate surface area is 193 Å². The molecule has 9 heteroatoms. The number of fused-ring (bicyclic) bond motifs is 1. The van der Waals surface area contributed by atoms with Crippen molar-refractivity contribution in [3.05, 3.63) is 46.5 Å². The van der Waals surface area contributed by atoms with Gasteiger partial charge in [-0.05, 0) is 37.8 Å². The highest BCUT2D eigenvalue weighted by atomic mass is 19.1. The molecular weight excluding hydrogens is 429 g/mol. The van der Waals surface area contributed by atoms with Gasteiger partial charge in [-0.1, -0.05) is 19.9 Å². The predicted molar refractivity (Wildman–Crippen MR) is 120 cm³/mol. The molecule has 0 aliphatic carbocycles. The number of amides is 1. The highest BCUT2D eigenvalue weighted by Gasteiger charge is 2.24. The second kappa shape index (κ2) is 11.8. The maximum absolute atomic E-state index is 14.3. The molecule has 1 N–H and O–H groups in total. The molecule has 0 bridgehead atoms. The van der Waals surface area contributed by atoms with E-state index in [1.165, 1.54) is 25.3 Å². The highest BCUT2D eigenvalue weighted by Crippen LogP contribution is 2.22. The second-order valence-corrected chi connectivity index (χ2v) is 8.15. The number of hydrogen-bond donors (Lipinski definition) is 1. The number of aromatic nitrogens is 2. The van der Waals surface area contributed by atoms with Gasteiger partial charge in [0.2, 0.25) is 0 Å². The molecule has 1 amide bonds. The molecule has 33 heavy (non-hydrogen) atoms. The number of carbonyl (C=O) groups is 2. The molecule has 1 aliphatic heterocycles. The van der Waals surface area contributed by atoms with E-state index in [9.17, 15) is 14.0 Å². The molecule has 1 aromatic carbocycles. The van der Waals surface area contributed by atoms with Crippen LogP contribution in [0.15, 0.2) is 18.2 Å². The molecule has 1 aliphatic rings. The maximum Gasteiger partial charge on any atom is 0.341 e. The summed E-state index contributed by atoms with van der Waals surface area (Å²) in [5.41, 5.74) is 2.10. The summed E-state index contributed by atoms with van der Waals surface area (Å²) in [7, 11) is 1.34. The monoisotopic (exact) mass is 461 g/mol. The van der Waals surface area contributed by atoms with Crippen LogP contribution in [0.25, 0.3) is 0 Å². The van der Waals surface area contributed by atoms with Gasteiger partial charge in [-0.3, -0.25) is 9.48 Å². The Morgan fingerprint density at radius 1 is 1.33 bits per heavy atom. The minimum Gasteiger partial charge on any atom is -0.494 e. The number of benzene rings is 1. The van der Waals surface area contributed by atoms with Crippen molar-refractivity contribution in [1.29, 1.82) is 0 Å². The average molecular weight is 462 g/mol. The molecule has 1 aromatic heterocycles. The van der Waals surface area contributed by atoms with Crippen molar-refractivity contribution in [2.24, 2.45) is 5.92 Å². The van der Waals surface area contributed by atoms with Gasteiger partial charge in [0.15, 0.2) is 11.6 Å². The van der Waals surface area contributed by atoms with Gasteiger partial charge in [0, 0.05) is 32.2 Å². The second-order valence-electron chi connectivity index (χ2n) is 8.15. The smallest absolute Gasteiger partial charge is 0.341 e. The summed E-state index contributed by atoms with van der Waals surface area (Å²) in [4.78, 5) is 25.2. The van der Waals surface area contributed by atoms with Crippen LogP contribution in [0.4, 0.5) is 4.39 Å². The first-order valence-electron chi connectivity index (χ1n) is 11.4. The molecule has 0 fully saturated rings. The first-order valence-corrected chi connectivity index (χ1v) is 11.4. The van der Waals surface area contributed by atoms with Crippen LogP contribution >= 0.6 is 0 Å². The molecule has 2 heterocycles. The first-order chi connectivity index (χ1) is 16.0. The van der Waals surface area contributed by atoms with Crippen LogP contribution in [-0.4, -0.2) is 55.1 Å². The van der Waals surface area contributed by atoms with Gasteiger partial charge >= 0.3 is 5.97 Å². The van der Waals surface area contributed by atoms with Crippen LogP contribution in [0, 0.1) is 11.7 Å². The minimum atomic E-state index is -0.746. The van der Waals surface area contributed by atoms with E-state index in [1.807, 2.05) is 18.5 Å². The van der Waals surface area contributed by atoms with Gasteiger partial charge < -0.3 is 19.5 Å². The molecule has 8 nitrogen and oxygen atoms in total. The Bertz CT molecular complexity index is 975. The summed E-state index contributed by atoms with van der Waals surface area (Å²) < 4.78 is 32.1. The Balaban J connectivity index is 1.72. The van der Waals surface area contributed by atoms with Crippen molar-refractivity contribution >= 4 is 11.9 Å².